The number of pyridine rings is 1. The zero-order valence-electron chi connectivity index (χ0n) is 13.3. The lowest BCUT2D eigenvalue weighted by molar-refractivity contribution is 0.410. The second-order valence-corrected chi connectivity index (χ2v) is 5.20. The van der Waals surface area contributed by atoms with Gasteiger partial charge in [0.1, 0.15) is 5.75 Å². The van der Waals surface area contributed by atoms with Crippen molar-refractivity contribution in [3.63, 3.8) is 0 Å². The summed E-state index contributed by atoms with van der Waals surface area (Å²) in [5, 5.41) is 3.16. The van der Waals surface area contributed by atoms with Gasteiger partial charge in [0.05, 0.1) is 12.8 Å². The fourth-order valence-corrected chi connectivity index (χ4v) is 2.44. The van der Waals surface area contributed by atoms with E-state index >= 15 is 0 Å². The molecule has 0 unspecified atom stereocenters. The number of hydrogen-bond donors (Lipinski definition) is 2. The van der Waals surface area contributed by atoms with Crippen molar-refractivity contribution < 1.29 is 4.74 Å². The molecule has 3 rings (SSSR count). The largest absolute Gasteiger partial charge is 0.496 e. The molecular formula is C18H18N4O2. The van der Waals surface area contributed by atoms with E-state index in [9.17, 15) is 4.79 Å². The van der Waals surface area contributed by atoms with E-state index in [-0.39, 0.29) is 5.56 Å². The van der Waals surface area contributed by atoms with Crippen molar-refractivity contribution in [2.75, 3.05) is 19.0 Å². The summed E-state index contributed by atoms with van der Waals surface area (Å²) in [6, 6.07) is 13.0. The standard InChI is InChI=1S/C18H18N4O2/c1-24-16-5-3-2-4-14(16)8-11-20-18-21-15(12-17(23)22-18)13-6-9-19-10-7-13/h2-7,9-10,12H,8,11H2,1H3,(H2,20,21,22,23). The van der Waals surface area contributed by atoms with E-state index in [1.807, 2.05) is 36.4 Å². The number of para-hydroxylation sites is 1. The van der Waals surface area contributed by atoms with Gasteiger partial charge in [0, 0.05) is 30.6 Å². The summed E-state index contributed by atoms with van der Waals surface area (Å²) in [5.41, 5.74) is 2.36. The molecule has 6 nitrogen and oxygen atoms in total. The van der Waals surface area contributed by atoms with Crippen LogP contribution in [0.2, 0.25) is 0 Å². The topological polar surface area (TPSA) is 79.9 Å². The maximum atomic E-state index is 11.8. The van der Waals surface area contributed by atoms with Crippen molar-refractivity contribution in [3.8, 4) is 17.0 Å². The van der Waals surface area contributed by atoms with Gasteiger partial charge in [-0.3, -0.25) is 14.8 Å². The minimum absolute atomic E-state index is 0.198. The molecular weight excluding hydrogens is 304 g/mol. The van der Waals surface area contributed by atoms with Crippen LogP contribution in [0.4, 0.5) is 5.95 Å². The predicted octanol–water partition coefficient (Wildman–Crippen LogP) is 2.50. The third-order valence-corrected chi connectivity index (χ3v) is 3.60. The number of nitrogens with one attached hydrogen (secondary N) is 2. The number of aromatic nitrogens is 3. The molecule has 0 fully saturated rings. The summed E-state index contributed by atoms with van der Waals surface area (Å²) < 4.78 is 5.34. The Balaban J connectivity index is 1.72. The Hall–Kier alpha value is -3.15. The first kappa shape index (κ1) is 15.7. The van der Waals surface area contributed by atoms with Crippen LogP contribution in [0.25, 0.3) is 11.3 Å². The summed E-state index contributed by atoms with van der Waals surface area (Å²) >= 11 is 0. The van der Waals surface area contributed by atoms with Gasteiger partial charge in [0.25, 0.3) is 5.56 Å². The van der Waals surface area contributed by atoms with Gasteiger partial charge in [-0.05, 0) is 30.2 Å². The Bertz CT molecular complexity index is 862. The molecule has 6 heteroatoms. The first-order valence-corrected chi connectivity index (χ1v) is 7.64. The predicted molar refractivity (Wildman–Crippen MR) is 93.3 cm³/mol. The lowest BCUT2D eigenvalue weighted by Crippen LogP contribution is -2.14. The van der Waals surface area contributed by atoms with E-state index in [4.69, 9.17) is 4.74 Å². The molecule has 2 heterocycles. The molecule has 122 valence electrons. The minimum atomic E-state index is -0.198. The lowest BCUT2D eigenvalue weighted by Gasteiger charge is -2.10. The van der Waals surface area contributed by atoms with Gasteiger partial charge in [0.15, 0.2) is 0 Å². The van der Waals surface area contributed by atoms with E-state index < -0.39 is 0 Å². The highest BCUT2D eigenvalue weighted by atomic mass is 16.5. The van der Waals surface area contributed by atoms with Crippen LogP contribution in [-0.2, 0) is 6.42 Å². The van der Waals surface area contributed by atoms with Gasteiger partial charge >= 0.3 is 0 Å². The average molecular weight is 322 g/mol. The highest BCUT2D eigenvalue weighted by molar-refractivity contribution is 5.59. The zero-order chi connectivity index (χ0) is 16.8. The van der Waals surface area contributed by atoms with Gasteiger partial charge in [-0.1, -0.05) is 18.2 Å². The third-order valence-electron chi connectivity index (χ3n) is 3.60. The molecule has 2 N–H and O–H groups in total. The number of nitrogens with zero attached hydrogens (tertiary/aromatic N) is 2. The van der Waals surface area contributed by atoms with Crippen LogP contribution < -0.4 is 15.6 Å². The van der Waals surface area contributed by atoms with E-state index in [0.717, 1.165) is 23.3 Å². The van der Waals surface area contributed by atoms with Crippen molar-refractivity contribution in [1.82, 2.24) is 15.0 Å². The molecule has 0 amide bonds. The van der Waals surface area contributed by atoms with Gasteiger partial charge < -0.3 is 10.1 Å². The summed E-state index contributed by atoms with van der Waals surface area (Å²) in [5.74, 6) is 1.30. The summed E-state index contributed by atoms with van der Waals surface area (Å²) in [6.45, 7) is 0.628. The molecule has 24 heavy (non-hydrogen) atoms. The Morgan fingerprint density at radius 3 is 2.75 bits per heavy atom. The van der Waals surface area contributed by atoms with E-state index in [1.54, 1.807) is 19.5 Å². The highest BCUT2D eigenvalue weighted by Gasteiger charge is 2.05. The monoisotopic (exact) mass is 322 g/mol. The molecule has 0 radical (unpaired) electrons. The number of methoxy groups -OCH3 is 1. The average Bonchev–Trinajstić information content (AvgIpc) is 2.62. The number of rotatable bonds is 6. The van der Waals surface area contributed by atoms with Crippen LogP contribution in [0.15, 0.2) is 59.7 Å². The molecule has 0 aliphatic heterocycles. The van der Waals surface area contributed by atoms with Crippen molar-refractivity contribution in [2.24, 2.45) is 0 Å². The molecule has 0 saturated heterocycles. The molecule has 0 atom stereocenters. The number of ether oxygens (including phenoxy) is 1. The molecule has 0 aliphatic rings. The third kappa shape index (κ3) is 3.78. The van der Waals surface area contributed by atoms with Crippen molar-refractivity contribution >= 4 is 5.95 Å². The second-order valence-electron chi connectivity index (χ2n) is 5.20. The number of anilines is 1. The van der Waals surface area contributed by atoms with Gasteiger partial charge in [-0.2, -0.15) is 0 Å². The van der Waals surface area contributed by atoms with E-state index in [1.165, 1.54) is 6.07 Å². The van der Waals surface area contributed by atoms with Crippen LogP contribution in [0.5, 0.6) is 5.75 Å². The fourth-order valence-electron chi connectivity index (χ4n) is 2.44. The van der Waals surface area contributed by atoms with Crippen molar-refractivity contribution in [3.05, 3.63) is 70.8 Å². The van der Waals surface area contributed by atoms with Crippen molar-refractivity contribution in [1.29, 1.82) is 0 Å². The summed E-state index contributed by atoms with van der Waals surface area (Å²) in [4.78, 5) is 23.0. The second kappa shape index (κ2) is 7.41. The molecule has 2 aromatic heterocycles. The molecule has 3 aromatic rings. The maximum absolute atomic E-state index is 11.8. The van der Waals surface area contributed by atoms with E-state index in [0.29, 0.717) is 18.2 Å². The number of hydrogen-bond acceptors (Lipinski definition) is 5. The maximum Gasteiger partial charge on any atom is 0.252 e. The smallest absolute Gasteiger partial charge is 0.252 e. The highest BCUT2D eigenvalue weighted by Crippen LogP contribution is 2.18. The number of H-pyrrole nitrogens is 1. The Kier molecular flexibility index (Phi) is 4.86. The lowest BCUT2D eigenvalue weighted by atomic mass is 10.1. The van der Waals surface area contributed by atoms with Crippen LogP contribution in [0.3, 0.4) is 0 Å². The Morgan fingerprint density at radius 1 is 1.17 bits per heavy atom. The van der Waals surface area contributed by atoms with Crippen LogP contribution in [-0.4, -0.2) is 28.6 Å². The molecule has 0 saturated carbocycles. The Labute approximate surface area is 139 Å². The summed E-state index contributed by atoms with van der Waals surface area (Å²) in [6.07, 6.45) is 4.10. The molecule has 0 spiro atoms. The molecule has 1 aromatic carbocycles. The van der Waals surface area contributed by atoms with Gasteiger partial charge in [-0.25, -0.2) is 4.98 Å². The first-order valence-electron chi connectivity index (χ1n) is 7.64. The van der Waals surface area contributed by atoms with Gasteiger partial charge in [-0.15, -0.1) is 0 Å². The van der Waals surface area contributed by atoms with E-state index in [2.05, 4.69) is 20.3 Å². The molecule has 0 bridgehead atoms. The zero-order valence-corrected chi connectivity index (χ0v) is 13.3. The van der Waals surface area contributed by atoms with Gasteiger partial charge in [0.2, 0.25) is 5.95 Å². The van der Waals surface area contributed by atoms with Crippen LogP contribution in [0.1, 0.15) is 5.56 Å². The summed E-state index contributed by atoms with van der Waals surface area (Å²) in [7, 11) is 1.66. The van der Waals surface area contributed by atoms with Crippen LogP contribution in [0, 0.1) is 0 Å². The Morgan fingerprint density at radius 2 is 1.96 bits per heavy atom. The minimum Gasteiger partial charge on any atom is -0.496 e. The number of benzene rings is 1. The normalized spacial score (nSPS) is 10.4. The number of aromatic amines is 1. The quantitative estimate of drug-likeness (QED) is 0.729. The SMILES string of the molecule is COc1ccccc1CCNc1nc(-c2ccncc2)cc(=O)[nH]1. The van der Waals surface area contributed by atoms with Crippen molar-refractivity contribution in [2.45, 2.75) is 6.42 Å². The molecule has 0 aliphatic carbocycles. The fraction of sp³-hybridized carbons (Fsp3) is 0.167. The van der Waals surface area contributed by atoms with Crippen LogP contribution >= 0.6 is 0 Å². The first-order chi connectivity index (χ1) is 11.8.